The number of nitrogens with zero attached hydrogens (tertiary/aromatic N) is 2. The fourth-order valence-electron chi connectivity index (χ4n) is 3.36. The Bertz CT molecular complexity index is 1060. The molecule has 1 saturated heterocycles. The number of hydrogen-bond acceptors (Lipinski definition) is 4. The molecule has 0 saturated carbocycles. The van der Waals surface area contributed by atoms with Gasteiger partial charge in [0, 0.05) is 34.7 Å². The summed E-state index contributed by atoms with van der Waals surface area (Å²) >= 11 is 3.45. The van der Waals surface area contributed by atoms with Gasteiger partial charge in [0.05, 0.1) is 19.2 Å². The highest BCUT2D eigenvalue weighted by Gasteiger charge is 2.39. The molecule has 0 radical (unpaired) electrons. The van der Waals surface area contributed by atoms with E-state index in [0.29, 0.717) is 18.8 Å². The molecule has 4 rings (SSSR count). The van der Waals surface area contributed by atoms with E-state index in [1.54, 1.807) is 12.1 Å². The quantitative estimate of drug-likeness (QED) is 0.531. The Balaban J connectivity index is 1.28. The second-order valence-electron chi connectivity index (χ2n) is 6.77. The number of carbonyl (C=O) groups excluding carboxylic acids is 3. The number of benzene rings is 1. The minimum Gasteiger partial charge on any atom is -0.467 e. The minimum absolute atomic E-state index is 0.0482. The predicted octanol–water partition coefficient (Wildman–Crippen LogP) is 2.62. The number of carbonyl (C=O) groups is 3. The lowest BCUT2D eigenvalue weighted by Gasteiger charge is -2.12. The van der Waals surface area contributed by atoms with Gasteiger partial charge in [-0.2, -0.15) is 0 Å². The molecule has 3 heterocycles. The molecule has 29 heavy (non-hydrogen) atoms. The van der Waals surface area contributed by atoms with E-state index in [1.807, 2.05) is 30.5 Å². The number of halogens is 1. The normalized spacial score (nSPS) is 16.4. The number of rotatable bonds is 7. The first kappa shape index (κ1) is 19.3. The number of imide groups is 1. The average Bonchev–Trinajstić information content (AvgIpc) is 3.39. The lowest BCUT2D eigenvalue weighted by Crippen LogP contribution is -2.37. The first-order valence-corrected chi connectivity index (χ1v) is 9.96. The van der Waals surface area contributed by atoms with Crippen LogP contribution in [0.25, 0.3) is 10.9 Å². The van der Waals surface area contributed by atoms with E-state index in [4.69, 9.17) is 4.42 Å². The van der Waals surface area contributed by atoms with Crippen molar-refractivity contribution in [3.05, 3.63) is 59.1 Å². The molecule has 4 amide bonds. The lowest BCUT2D eigenvalue weighted by molar-refractivity contribution is -0.131. The van der Waals surface area contributed by atoms with Crippen LogP contribution in [0.1, 0.15) is 12.2 Å². The van der Waals surface area contributed by atoms with Crippen molar-refractivity contribution in [3.63, 3.8) is 0 Å². The highest BCUT2D eigenvalue weighted by molar-refractivity contribution is 9.10. The summed E-state index contributed by atoms with van der Waals surface area (Å²) in [6.07, 6.45) is 3.35. The van der Waals surface area contributed by atoms with E-state index in [1.165, 1.54) is 6.26 Å². The summed E-state index contributed by atoms with van der Waals surface area (Å²) in [4.78, 5) is 37.8. The number of nitrogens with one attached hydrogen (secondary N) is 2. The molecule has 3 aromatic rings. The van der Waals surface area contributed by atoms with Gasteiger partial charge < -0.3 is 19.6 Å². The SMILES string of the molecule is O=C(CC1NC(=O)N(Cc2ccco2)C1=O)NCCn1ccc2cc(Br)ccc21. The predicted molar refractivity (Wildman–Crippen MR) is 109 cm³/mol. The van der Waals surface area contributed by atoms with Gasteiger partial charge in [0.1, 0.15) is 11.8 Å². The number of fused-ring (bicyclic) bond motifs is 1. The summed E-state index contributed by atoms with van der Waals surface area (Å²) < 4.78 is 8.24. The molecular formula is C20H19BrN4O4. The van der Waals surface area contributed by atoms with Crippen molar-refractivity contribution in [2.24, 2.45) is 0 Å². The van der Waals surface area contributed by atoms with Crippen molar-refractivity contribution < 1.29 is 18.8 Å². The molecule has 0 spiro atoms. The molecule has 8 nitrogen and oxygen atoms in total. The molecule has 9 heteroatoms. The third-order valence-corrected chi connectivity index (χ3v) is 5.29. The third-order valence-electron chi connectivity index (χ3n) is 4.80. The molecule has 150 valence electrons. The van der Waals surface area contributed by atoms with Crippen molar-refractivity contribution in [2.45, 2.75) is 25.6 Å². The summed E-state index contributed by atoms with van der Waals surface area (Å²) in [6.45, 7) is 1.07. The van der Waals surface area contributed by atoms with Gasteiger partial charge >= 0.3 is 6.03 Å². The lowest BCUT2D eigenvalue weighted by atomic mass is 10.2. The van der Waals surface area contributed by atoms with Gasteiger partial charge in [-0.25, -0.2) is 4.79 Å². The topological polar surface area (TPSA) is 96.6 Å². The van der Waals surface area contributed by atoms with Gasteiger partial charge in [-0.15, -0.1) is 0 Å². The summed E-state index contributed by atoms with van der Waals surface area (Å²) in [5.74, 6) is -0.212. The Morgan fingerprint density at radius 3 is 2.90 bits per heavy atom. The van der Waals surface area contributed by atoms with Crippen molar-refractivity contribution >= 4 is 44.7 Å². The third kappa shape index (κ3) is 4.19. The molecule has 1 fully saturated rings. The monoisotopic (exact) mass is 458 g/mol. The first-order valence-electron chi connectivity index (χ1n) is 9.16. The van der Waals surface area contributed by atoms with Crippen LogP contribution in [-0.2, 0) is 22.7 Å². The van der Waals surface area contributed by atoms with Gasteiger partial charge in [0.25, 0.3) is 5.91 Å². The van der Waals surface area contributed by atoms with Gasteiger partial charge in [-0.3, -0.25) is 14.5 Å². The molecule has 2 N–H and O–H groups in total. The van der Waals surface area contributed by atoms with Crippen molar-refractivity contribution in [3.8, 4) is 0 Å². The maximum Gasteiger partial charge on any atom is 0.325 e. The van der Waals surface area contributed by atoms with Crippen LogP contribution >= 0.6 is 15.9 Å². The van der Waals surface area contributed by atoms with E-state index in [0.717, 1.165) is 20.3 Å². The van der Waals surface area contributed by atoms with E-state index in [9.17, 15) is 14.4 Å². The number of urea groups is 1. The molecule has 0 bridgehead atoms. The highest BCUT2D eigenvalue weighted by atomic mass is 79.9. The number of aromatic nitrogens is 1. The molecule has 2 aromatic heterocycles. The van der Waals surface area contributed by atoms with Crippen LogP contribution in [0.3, 0.4) is 0 Å². The first-order chi connectivity index (χ1) is 14.0. The van der Waals surface area contributed by atoms with Crippen molar-refractivity contribution in [2.75, 3.05) is 6.54 Å². The van der Waals surface area contributed by atoms with Crippen molar-refractivity contribution in [1.29, 1.82) is 0 Å². The van der Waals surface area contributed by atoms with Gasteiger partial charge in [0.15, 0.2) is 0 Å². The van der Waals surface area contributed by atoms with Crippen LogP contribution in [0, 0.1) is 0 Å². The van der Waals surface area contributed by atoms with Gasteiger partial charge in [-0.1, -0.05) is 15.9 Å². The summed E-state index contributed by atoms with van der Waals surface area (Å²) in [6, 6.07) is 10.0. The maximum absolute atomic E-state index is 12.4. The van der Waals surface area contributed by atoms with Crippen molar-refractivity contribution in [1.82, 2.24) is 20.1 Å². The van der Waals surface area contributed by atoms with Crippen LogP contribution in [0.2, 0.25) is 0 Å². The largest absolute Gasteiger partial charge is 0.467 e. The Labute approximate surface area is 175 Å². The second kappa shape index (κ2) is 8.12. The zero-order chi connectivity index (χ0) is 20.4. The Hall–Kier alpha value is -3.07. The fourth-order valence-corrected chi connectivity index (χ4v) is 3.74. The molecule has 1 aliphatic heterocycles. The fraction of sp³-hybridized carbons (Fsp3) is 0.250. The highest BCUT2D eigenvalue weighted by Crippen LogP contribution is 2.20. The van der Waals surface area contributed by atoms with Gasteiger partial charge in [0.2, 0.25) is 5.91 Å². The van der Waals surface area contributed by atoms with Crippen LogP contribution in [0.4, 0.5) is 4.79 Å². The summed E-state index contributed by atoms with van der Waals surface area (Å²) in [5.41, 5.74) is 1.08. The summed E-state index contributed by atoms with van der Waals surface area (Å²) in [7, 11) is 0. The van der Waals surface area contributed by atoms with Crippen LogP contribution < -0.4 is 10.6 Å². The zero-order valence-corrected chi connectivity index (χ0v) is 17.0. The maximum atomic E-state index is 12.4. The van der Waals surface area contributed by atoms with E-state index in [-0.39, 0.29) is 18.9 Å². The number of hydrogen-bond donors (Lipinski definition) is 2. The minimum atomic E-state index is -0.859. The van der Waals surface area contributed by atoms with Gasteiger partial charge in [-0.05, 0) is 36.4 Å². The Morgan fingerprint density at radius 1 is 1.24 bits per heavy atom. The second-order valence-corrected chi connectivity index (χ2v) is 7.69. The number of amides is 4. The van der Waals surface area contributed by atoms with E-state index in [2.05, 4.69) is 31.1 Å². The molecule has 1 atom stereocenters. The number of furan rings is 1. The van der Waals surface area contributed by atoms with Crippen LogP contribution in [0.5, 0.6) is 0 Å². The molecule has 1 aliphatic rings. The molecular weight excluding hydrogens is 440 g/mol. The average molecular weight is 459 g/mol. The van der Waals surface area contributed by atoms with Crippen LogP contribution in [0.15, 0.2) is 57.7 Å². The molecule has 0 aliphatic carbocycles. The Kier molecular flexibility index (Phi) is 5.39. The van der Waals surface area contributed by atoms with E-state index >= 15 is 0 Å². The van der Waals surface area contributed by atoms with Crippen LogP contribution in [-0.4, -0.2) is 39.9 Å². The smallest absolute Gasteiger partial charge is 0.325 e. The summed E-state index contributed by atoms with van der Waals surface area (Å²) in [5, 5.41) is 6.48. The standard InChI is InChI=1S/C20H19BrN4O4/c21-14-3-4-17-13(10-14)5-7-24(17)8-6-22-18(26)11-16-19(27)25(20(28)23-16)12-15-2-1-9-29-15/h1-5,7,9-10,16H,6,8,11-12H2,(H,22,26)(H,23,28). The molecule has 1 unspecified atom stereocenters. The zero-order valence-electron chi connectivity index (χ0n) is 15.4. The van der Waals surface area contributed by atoms with E-state index < -0.39 is 18.0 Å². The Morgan fingerprint density at radius 2 is 2.10 bits per heavy atom. The molecule has 1 aromatic carbocycles.